The largest absolute Gasteiger partial charge is 0.389 e. The monoisotopic (exact) mass is 335 g/mol. The molecule has 2 aromatic rings. The molecule has 2 rings (SSSR count). The Hall–Kier alpha value is -1.46. The van der Waals surface area contributed by atoms with Crippen molar-refractivity contribution in [3.05, 3.63) is 51.6 Å². The smallest absolute Gasteiger partial charge is 0.140 e. The summed E-state index contributed by atoms with van der Waals surface area (Å²) in [4.78, 5) is 4.67. The molecule has 19 heavy (non-hydrogen) atoms. The van der Waals surface area contributed by atoms with Crippen LogP contribution in [0.25, 0.3) is 0 Å². The summed E-state index contributed by atoms with van der Waals surface area (Å²) in [6.45, 7) is 4.00. The predicted octanol–water partition coefficient (Wildman–Crippen LogP) is 3.84. The molecule has 0 atom stereocenters. The van der Waals surface area contributed by atoms with E-state index in [1.54, 1.807) is 6.20 Å². The molecule has 1 aromatic carbocycles. The van der Waals surface area contributed by atoms with Crippen LogP contribution in [0.5, 0.6) is 0 Å². The van der Waals surface area contributed by atoms with E-state index in [-0.39, 0.29) is 0 Å². The number of aromatic nitrogens is 1. The molecule has 0 amide bonds. The van der Waals surface area contributed by atoms with Crippen LogP contribution < -0.4 is 11.1 Å². The molecule has 0 fully saturated rings. The zero-order valence-corrected chi connectivity index (χ0v) is 13.1. The number of hydrogen-bond donors (Lipinski definition) is 2. The highest BCUT2D eigenvalue weighted by molar-refractivity contribution is 9.10. The molecular weight excluding hydrogens is 322 g/mol. The molecule has 0 bridgehead atoms. The number of rotatable bonds is 3. The summed E-state index contributed by atoms with van der Waals surface area (Å²) < 4.78 is 0.968. The number of aryl methyl sites for hydroxylation is 2. The molecule has 0 aliphatic rings. The van der Waals surface area contributed by atoms with Gasteiger partial charge in [-0.3, -0.25) is 0 Å². The van der Waals surface area contributed by atoms with Gasteiger partial charge in [0.15, 0.2) is 0 Å². The molecule has 0 aliphatic carbocycles. The number of halogens is 1. The van der Waals surface area contributed by atoms with Gasteiger partial charge in [-0.05, 0) is 59.1 Å². The Balaban J connectivity index is 2.46. The first-order chi connectivity index (χ1) is 8.99. The van der Waals surface area contributed by atoms with Crippen LogP contribution >= 0.6 is 28.1 Å². The van der Waals surface area contributed by atoms with Gasteiger partial charge in [0.2, 0.25) is 0 Å². The summed E-state index contributed by atoms with van der Waals surface area (Å²) in [5.74, 6) is 0.679. The lowest BCUT2D eigenvalue weighted by Crippen LogP contribution is -2.14. The number of nitrogens with two attached hydrogens (primary N) is 1. The third-order valence-corrected chi connectivity index (χ3v) is 3.68. The fourth-order valence-electron chi connectivity index (χ4n) is 1.83. The normalized spacial score (nSPS) is 10.3. The Morgan fingerprint density at radius 1 is 1.32 bits per heavy atom. The number of pyridine rings is 1. The summed E-state index contributed by atoms with van der Waals surface area (Å²) >= 11 is 8.61. The second kappa shape index (κ2) is 5.67. The van der Waals surface area contributed by atoms with Gasteiger partial charge in [0.05, 0.1) is 11.3 Å². The molecule has 0 saturated carbocycles. The molecule has 3 nitrogen and oxygen atoms in total. The Labute approximate surface area is 126 Å². The van der Waals surface area contributed by atoms with Gasteiger partial charge in [0.1, 0.15) is 10.8 Å². The van der Waals surface area contributed by atoms with Crippen LogP contribution in [-0.4, -0.2) is 9.97 Å². The molecule has 98 valence electrons. The highest BCUT2D eigenvalue weighted by Crippen LogP contribution is 2.28. The highest BCUT2D eigenvalue weighted by atomic mass is 79.9. The van der Waals surface area contributed by atoms with Crippen LogP contribution in [0.4, 0.5) is 11.5 Å². The maximum Gasteiger partial charge on any atom is 0.140 e. The Morgan fingerprint density at radius 2 is 2.05 bits per heavy atom. The Morgan fingerprint density at radius 3 is 2.74 bits per heavy atom. The first-order valence-electron chi connectivity index (χ1n) is 5.77. The summed E-state index contributed by atoms with van der Waals surface area (Å²) in [6.07, 6.45) is 1.74. The van der Waals surface area contributed by atoms with E-state index in [1.807, 2.05) is 38.1 Å². The number of anilines is 2. The lowest BCUT2D eigenvalue weighted by Gasteiger charge is -2.13. The van der Waals surface area contributed by atoms with Crippen molar-refractivity contribution in [2.75, 3.05) is 5.32 Å². The van der Waals surface area contributed by atoms with Gasteiger partial charge in [-0.1, -0.05) is 18.3 Å². The van der Waals surface area contributed by atoms with Crippen molar-refractivity contribution in [3.8, 4) is 0 Å². The van der Waals surface area contributed by atoms with Crippen molar-refractivity contribution >= 4 is 44.6 Å². The maximum absolute atomic E-state index is 5.78. The zero-order chi connectivity index (χ0) is 14.0. The Bertz CT molecular complexity index is 641. The Kier molecular flexibility index (Phi) is 4.17. The van der Waals surface area contributed by atoms with Gasteiger partial charge in [-0.15, -0.1) is 0 Å². The van der Waals surface area contributed by atoms with Gasteiger partial charge < -0.3 is 11.1 Å². The molecule has 0 aliphatic heterocycles. The van der Waals surface area contributed by atoms with Crippen LogP contribution in [0.2, 0.25) is 0 Å². The molecule has 1 aromatic heterocycles. The van der Waals surface area contributed by atoms with E-state index in [0.29, 0.717) is 10.8 Å². The highest BCUT2D eigenvalue weighted by Gasteiger charge is 2.11. The number of nitrogens with zero attached hydrogens (tertiary/aromatic N) is 1. The van der Waals surface area contributed by atoms with Gasteiger partial charge in [0.25, 0.3) is 0 Å². The lowest BCUT2D eigenvalue weighted by atomic mass is 10.1. The summed E-state index contributed by atoms with van der Waals surface area (Å²) in [5, 5.41) is 3.28. The van der Waals surface area contributed by atoms with Gasteiger partial charge in [-0.25, -0.2) is 4.98 Å². The quantitative estimate of drug-likeness (QED) is 0.836. The minimum absolute atomic E-state index is 0.344. The average Bonchev–Trinajstić information content (AvgIpc) is 2.33. The molecule has 0 radical (unpaired) electrons. The summed E-state index contributed by atoms with van der Waals surface area (Å²) in [7, 11) is 0. The van der Waals surface area contributed by atoms with Crippen LogP contribution in [0.15, 0.2) is 34.9 Å². The number of thiocarbonyl (C=S) groups is 1. The van der Waals surface area contributed by atoms with E-state index in [9.17, 15) is 0 Å². The first kappa shape index (κ1) is 14.0. The van der Waals surface area contributed by atoms with E-state index in [4.69, 9.17) is 18.0 Å². The van der Waals surface area contributed by atoms with E-state index >= 15 is 0 Å². The van der Waals surface area contributed by atoms with E-state index in [0.717, 1.165) is 26.9 Å². The zero-order valence-electron chi connectivity index (χ0n) is 10.7. The molecule has 0 unspecified atom stereocenters. The van der Waals surface area contributed by atoms with Crippen molar-refractivity contribution in [1.29, 1.82) is 0 Å². The third kappa shape index (κ3) is 3.11. The van der Waals surface area contributed by atoms with Crippen LogP contribution in [0.3, 0.4) is 0 Å². The molecule has 1 heterocycles. The number of benzene rings is 1. The van der Waals surface area contributed by atoms with Crippen molar-refractivity contribution in [2.45, 2.75) is 13.8 Å². The van der Waals surface area contributed by atoms with Gasteiger partial charge in [-0.2, -0.15) is 0 Å². The van der Waals surface area contributed by atoms with Gasteiger partial charge >= 0.3 is 0 Å². The maximum atomic E-state index is 5.78. The molecule has 0 spiro atoms. The fraction of sp³-hybridized carbons (Fsp3) is 0.143. The molecule has 5 heteroatoms. The minimum Gasteiger partial charge on any atom is -0.389 e. The SMILES string of the molecule is Cc1ccc(Br)c(Nc2nccc(C)c2C(N)=S)c1. The van der Waals surface area contributed by atoms with Crippen LogP contribution in [0, 0.1) is 13.8 Å². The van der Waals surface area contributed by atoms with Crippen LogP contribution in [0.1, 0.15) is 16.7 Å². The van der Waals surface area contributed by atoms with Crippen molar-refractivity contribution in [3.63, 3.8) is 0 Å². The van der Waals surface area contributed by atoms with Crippen LogP contribution in [-0.2, 0) is 0 Å². The topological polar surface area (TPSA) is 50.9 Å². The van der Waals surface area contributed by atoms with Gasteiger partial charge in [0, 0.05) is 10.7 Å². The minimum atomic E-state index is 0.344. The fourth-order valence-corrected chi connectivity index (χ4v) is 2.43. The predicted molar refractivity (Wildman–Crippen MR) is 87.0 cm³/mol. The first-order valence-corrected chi connectivity index (χ1v) is 6.97. The summed E-state index contributed by atoms with van der Waals surface area (Å²) in [5.41, 5.74) is 9.67. The van der Waals surface area contributed by atoms with Crippen molar-refractivity contribution in [1.82, 2.24) is 4.98 Å². The molecule has 0 saturated heterocycles. The van der Waals surface area contributed by atoms with Crippen molar-refractivity contribution < 1.29 is 0 Å². The number of hydrogen-bond acceptors (Lipinski definition) is 3. The second-order valence-corrected chi connectivity index (χ2v) is 5.62. The standard InChI is InChI=1S/C14H14BrN3S/c1-8-3-4-10(15)11(7-8)18-14-12(13(16)19)9(2)5-6-17-14/h3-7H,1-2H3,(H2,16,19)(H,17,18). The average molecular weight is 336 g/mol. The van der Waals surface area contributed by atoms with Crippen molar-refractivity contribution in [2.24, 2.45) is 5.73 Å². The van der Waals surface area contributed by atoms with E-state index < -0.39 is 0 Å². The molecule has 3 N–H and O–H groups in total. The second-order valence-electron chi connectivity index (χ2n) is 4.32. The third-order valence-electron chi connectivity index (χ3n) is 2.78. The van der Waals surface area contributed by atoms with E-state index in [1.165, 1.54) is 0 Å². The number of nitrogens with one attached hydrogen (secondary N) is 1. The summed E-state index contributed by atoms with van der Waals surface area (Å²) in [6, 6.07) is 7.96. The lowest BCUT2D eigenvalue weighted by molar-refractivity contribution is 1.25. The molecular formula is C14H14BrN3S. The van der Waals surface area contributed by atoms with E-state index in [2.05, 4.69) is 26.2 Å².